The molecule has 0 heterocycles. The zero-order valence-corrected chi connectivity index (χ0v) is 12.2. The van der Waals surface area contributed by atoms with Gasteiger partial charge in [0.25, 0.3) is 0 Å². The standard InChI is InChI=1S/C16H12ClNOS/c17-15-7-5-14(6-8-15)16(19)11-20-10-13-3-1-12(9-18)2-4-13/h1-8H,10-11H2. The van der Waals surface area contributed by atoms with Crippen molar-refractivity contribution in [3.05, 3.63) is 70.2 Å². The van der Waals surface area contributed by atoms with Gasteiger partial charge in [-0.3, -0.25) is 4.79 Å². The maximum absolute atomic E-state index is 11.9. The van der Waals surface area contributed by atoms with E-state index in [4.69, 9.17) is 16.9 Å². The van der Waals surface area contributed by atoms with E-state index in [1.807, 2.05) is 12.1 Å². The van der Waals surface area contributed by atoms with Crippen molar-refractivity contribution in [3.63, 3.8) is 0 Å². The number of thioether (sulfide) groups is 1. The third-order valence-electron chi connectivity index (χ3n) is 2.75. The normalized spacial score (nSPS) is 10.0. The molecule has 0 radical (unpaired) electrons. The fraction of sp³-hybridized carbons (Fsp3) is 0.125. The van der Waals surface area contributed by atoms with Gasteiger partial charge in [0.05, 0.1) is 17.4 Å². The molecule has 0 aromatic heterocycles. The number of rotatable bonds is 5. The van der Waals surface area contributed by atoms with Gasteiger partial charge in [0.1, 0.15) is 0 Å². The van der Waals surface area contributed by atoms with Crippen molar-refractivity contribution in [2.24, 2.45) is 0 Å². The van der Waals surface area contributed by atoms with Crippen LogP contribution in [-0.2, 0) is 5.75 Å². The molecule has 0 aliphatic carbocycles. The van der Waals surface area contributed by atoms with Gasteiger partial charge >= 0.3 is 0 Å². The van der Waals surface area contributed by atoms with E-state index in [1.54, 1.807) is 48.2 Å². The number of nitrogens with zero attached hydrogens (tertiary/aromatic N) is 1. The number of carbonyl (C=O) groups excluding carboxylic acids is 1. The summed E-state index contributed by atoms with van der Waals surface area (Å²) in [4.78, 5) is 11.9. The first kappa shape index (κ1) is 14.6. The molecule has 0 fully saturated rings. The molecule has 0 saturated heterocycles. The third-order valence-corrected chi connectivity index (χ3v) is 4.01. The van der Waals surface area contributed by atoms with Gasteiger partial charge in [0.2, 0.25) is 0 Å². The number of hydrogen-bond acceptors (Lipinski definition) is 3. The van der Waals surface area contributed by atoms with E-state index in [2.05, 4.69) is 6.07 Å². The number of Topliss-reactive ketones (excluding diaryl/α,β-unsaturated/α-hetero) is 1. The lowest BCUT2D eigenvalue weighted by Crippen LogP contribution is -2.02. The molecule has 2 nitrogen and oxygen atoms in total. The molecule has 0 saturated carbocycles. The van der Waals surface area contributed by atoms with Crippen LogP contribution in [0.1, 0.15) is 21.5 Å². The van der Waals surface area contributed by atoms with E-state index in [0.29, 0.717) is 21.9 Å². The monoisotopic (exact) mass is 301 g/mol. The highest BCUT2D eigenvalue weighted by molar-refractivity contribution is 7.99. The van der Waals surface area contributed by atoms with E-state index in [1.165, 1.54) is 0 Å². The minimum atomic E-state index is 0.0975. The highest BCUT2D eigenvalue weighted by Crippen LogP contribution is 2.16. The number of nitriles is 1. The second-order valence-electron chi connectivity index (χ2n) is 4.23. The first-order chi connectivity index (χ1) is 9.69. The number of halogens is 1. The summed E-state index contributed by atoms with van der Waals surface area (Å²) in [5.74, 6) is 1.28. The molecule has 0 aliphatic rings. The van der Waals surface area contributed by atoms with Crippen LogP contribution in [0.3, 0.4) is 0 Å². The lowest BCUT2D eigenvalue weighted by Gasteiger charge is -2.02. The van der Waals surface area contributed by atoms with Crippen LogP contribution in [-0.4, -0.2) is 11.5 Å². The molecule has 0 unspecified atom stereocenters. The minimum Gasteiger partial charge on any atom is -0.293 e. The summed E-state index contributed by atoms with van der Waals surface area (Å²) in [5, 5.41) is 9.34. The van der Waals surface area contributed by atoms with Gasteiger partial charge in [-0.25, -0.2) is 0 Å². The summed E-state index contributed by atoms with van der Waals surface area (Å²) in [7, 11) is 0. The Morgan fingerprint density at radius 1 is 1.10 bits per heavy atom. The molecule has 0 atom stereocenters. The van der Waals surface area contributed by atoms with Crippen molar-refractivity contribution in [3.8, 4) is 6.07 Å². The van der Waals surface area contributed by atoms with Crippen LogP contribution in [0.5, 0.6) is 0 Å². The number of carbonyl (C=O) groups is 1. The van der Waals surface area contributed by atoms with Crippen LogP contribution < -0.4 is 0 Å². The predicted molar refractivity (Wildman–Crippen MR) is 83.1 cm³/mol. The predicted octanol–water partition coefficient (Wildman–Crippen LogP) is 4.33. The third kappa shape index (κ3) is 4.12. The molecule has 0 amide bonds. The fourth-order valence-electron chi connectivity index (χ4n) is 1.66. The Bertz CT molecular complexity index is 629. The van der Waals surface area contributed by atoms with Crippen LogP contribution in [0.25, 0.3) is 0 Å². The van der Waals surface area contributed by atoms with Crippen molar-refractivity contribution in [2.75, 3.05) is 5.75 Å². The number of ketones is 1. The Labute approximate surface area is 127 Å². The molecule has 0 spiro atoms. The van der Waals surface area contributed by atoms with Gasteiger partial charge in [-0.2, -0.15) is 5.26 Å². The van der Waals surface area contributed by atoms with Gasteiger partial charge in [0, 0.05) is 16.3 Å². The molecule has 0 N–H and O–H groups in total. The van der Waals surface area contributed by atoms with E-state index in [9.17, 15) is 4.79 Å². The lowest BCUT2D eigenvalue weighted by molar-refractivity contribution is 0.102. The van der Waals surface area contributed by atoms with Crippen LogP contribution in [0, 0.1) is 11.3 Å². The Morgan fingerprint density at radius 3 is 2.35 bits per heavy atom. The average molecular weight is 302 g/mol. The van der Waals surface area contributed by atoms with Crippen LogP contribution in [0.4, 0.5) is 0 Å². The summed E-state index contributed by atoms with van der Waals surface area (Å²) in [6.45, 7) is 0. The Kier molecular flexibility index (Phi) is 5.23. The molecule has 0 aliphatic heterocycles. The Hall–Kier alpha value is -1.76. The smallest absolute Gasteiger partial charge is 0.172 e. The minimum absolute atomic E-state index is 0.0975. The van der Waals surface area contributed by atoms with Gasteiger partial charge in [-0.05, 0) is 42.0 Å². The molecule has 100 valence electrons. The fourth-order valence-corrected chi connectivity index (χ4v) is 2.66. The van der Waals surface area contributed by atoms with E-state index >= 15 is 0 Å². The van der Waals surface area contributed by atoms with Crippen LogP contribution >= 0.6 is 23.4 Å². The maximum atomic E-state index is 11.9. The van der Waals surface area contributed by atoms with Gasteiger partial charge < -0.3 is 0 Å². The second kappa shape index (κ2) is 7.14. The molecule has 20 heavy (non-hydrogen) atoms. The molecule has 2 aromatic carbocycles. The zero-order chi connectivity index (χ0) is 14.4. The van der Waals surface area contributed by atoms with Crippen LogP contribution in [0.15, 0.2) is 48.5 Å². The SMILES string of the molecule is N#Cc1ccc(CSCC(=O)c2ccc(Cl)cc2)cc1. The first-order valence-electron chi connectivity index (χ1n) is 6.04. The maximum Gasteiger partial charge on any atom is 0.172 e. The van der Waals surface area contributed by atoms with Gasteiger partial charge in [-0.15, -0.1) is 11.8 Å². The molecule has 4 heteroatoms. The summed E-state index contributed by atoms with van der Waals surface area (Å²) < 4.78 is 0. The Balaban J connectivity index is 1.84. The molecule has 0 bridgehead atoms. The molecular weight excluding hydrogens is 290 g/mol. The number of benzene rings is 2. The topological polar surface area (TPSA) is 40.9 Å². The largest absolute Gasteiger partial charge is 0.293 e. The summed E-state index contributed by atoms with van der Waals surface area (Å²) in [5.41, 5.74) is 2.44. The molecular formula is C16H12ClNOS. The van der Waals surface area contributed by atoms with E-state index < -0.39 is 0 Å². The number of hydrogen-bond donors (Lipinski definition) is 0. The van der Waals surface area contributed by atoms with E-state index in [0.717, 1.165) is 11.3 Å². The molecule has 2 aromatic rings. The van der Waals surface area contributed by atoms with Gasteiger partial charge in [0.15, 0.2) is 5.78 Å². The Morgan fingerprint density at radius 2 is 1.75 bits per heavy atom. The van der Waals surface area contributed by atoms with Gasteiger partial charge in [-0.1, -0.05) is 23.7 Å². The highest BCUT2D eigenvalue weighted by atomic mass is 35.5. The second-order valence-corrected chi connectivity index (χ2v) is 5.65. The van der Waals surface area contributed by atoms with Crippen molar-refractivity contribution in [1.29, 1.82) is 5.26 Å². The lowest BCUT2D eigenvalue weighted by atomic mass is 10.1. The van der Waals surface area contributed by atoms with E-state index in [-0.39, 0.29) is 5.78 Å². The first-order valence-corrected chi connectivity index (χ1v) is 7.58. The summed E-state index contributed by atoms with van der Waals surface area (Å²) in [6.07, 6.45) is 0. The van der Waals surface area contributed by atoms with Crippen molar-refractivity contribution < 1.29 is 4.79 Å². The van der Waals surface area contributed by atoms with Crippen molar-refractivity contribution in [1.82, 2.24) is 0 Å². The summed E-state index contributed by atoms with van der Waals surface area (Å²) in [6, 6.07) is 16.4. The molecule has 2 rings (SSSR count). The van der Waals surface area contributed by atoms with Crippen molar-refractivity contribution in [2.45, 2.75) is 5.75 Å². The summed E-state index contributed by atoms with van der Waals surface area (Å²) >= 11 is 7.35. The highest BCUT2D eigenvalue weighted by Gasteiger charge is 2.05. The van der Waals surface area contributed by atoms with Crippen LogP contribution in [0.2, 0.25) is 5.02 Å². The average Bonchev–Trinajstić information content (AvgIpc) is 2.48. The zero-order valence-electron chi connectivity index (χ0n) is 10.7. The quantitative estimate of drug-likeness (QED) is 0.772. The van der Waals surface area contributed by atoms with Crippen molar-refractivity contribution >= 4 is 29.1 Å².